The van der Waals surface area contributed by atoms with E-state index in [1.54, 1.807) is 7.11 Å². The first-order chi connectivity index (χ1) is 14.3. The van der Waals surface area contributed by atoms with Crippen LogP contribution < -0.4 is 15.4 Å². The molecule has 7 nitrogen and oxygen atoms in total. The zero-order valence-electron chi connectivity index (χ0n) is 17.7. The standard InChI is InChI=1S/C22H34N6O/c1-23-22(24-12-6-16-28-17-7-13-26-28)25-18-21(27-14-4-3-5-15-27)19-8-10-20(29-2)11-9-19/h7-11,13,17,21H,3-6,12,14-16,18H2,1-2H3,(H2,23,24,25). The van der Waals surface area contributed by atoms with Crippen molar-refractivity contribution in [2.24, 2.45) is 4.99 Å². The van der Waals surface area contributed by atoms with Gasteiger partial charge in [0.05, 0.1) is 13.2 Å². The minimum atomic E-state index is 0.323. The van der Waals surface area contributed by atoms with E-state index in [0.717, 1.165) is 50.9 Å². The molecule has 1 saturated heterocycles. The highest BCUT2D eigenvalue weighted by Gasteiger charge is 2.22. The lowest BCUT2D eigenvalue weighted by atomic mass is 10.0. The third-order valence-corrected chi connectivity index (χ3v) is 5.43. The fourth-order valence-electron chi connectivity index (χ4n) is 3.81. The lowest BCUT2D eigenvalue weighted by Crippen LogP contribution is -2.44. The maximum Gasteiger partial charge on any atom is 0.191 e. The summed E-state index contributed by atoms with van der Waals surface area (Å²) >= 11 is 0. The molecule has 0 radical (unpaired) electrons. The first kappa shape index (κ1) is 21.2. The summed E-state index contributed by atoms with van der Waals surface area (Å²) in [4.78, 5) is 6.98. The van der Waals surface area contributed by atoms with Crippen molar-refractivity contribution < 1.29 is 4.74 Å². The van der Waals surface area contributed by atoms with Gasteiger partial charge in [0.1, 0.15) is 5.75 Å². The van der Waals surface area contributed by atoms with Crippen molar-refractivity contribution in [1.82, 2.24) is 25.3 Å². The van der Waals surface area contributed by atoms with Crippen LogP contribution in [0.15, 0.2) is 47.7 Å². The lowest BCUT2D eigenvalue weighted by molar-refractivity contribution is 0.164. The quantitative estimate of drug-likeness (QED) is 0.386. The van der Waals surface area contributed by atoms with Crippen molar-refractivity contribution in [2.75, 3.05) is 40.3 Å². The van der Waals surface area contributed by atoms with Gasteiger partial charge in [0.25, 0.3) is 0 Å². The second-order valence-electron chi connectivity index (χ2n) is 7.39. The summed E-state index contributed by atoms with van der Waals surface area (Å²) in [7, 11) is 3.53. The summed E-state index contributed by atoms with van der Waals surface area (Å²) in [6.07, 6.45) is 8.67. The molecule has 158 valence electrons. The first-order valence-electron chi connectivity index (χ1n) is 10.6. The average molecular weight is 399 g/mol. The number of nitrogens with one attached hydrogen (secondary N) is 2. The molecule has 1 aliphatic rings. The van der Waals surface area contributed by atoms with E-state index in [4.69, 9.17) is 4.74 Å². The molecule has 1 aromatic heterocycles. The maximum atomic E-state index is 5.33. The molecule has 1 aliphatic heterocycles. The van der Waals surface area contributed by atoms with Crippen LogP contribution in [-0.4, -0.2) is 61.0 Å². The zero-order valence-corrected chi connectivity index (χ0v) is 17.7. The summed E-state index contributed by atoms with van der Waals surface area (Å²) in [6, 6.07) is 10.7. The van der Waals surface area contributed by atoms with Gasteiger partial charge in [0, 0.05) is 39.1 Å². The van der Waals surface area contributed by atoms with Crippen molar-refractivity contribution in [3.05, 3.63) is 48.3 Å². The fraction of sp³-hybridized carbons (Fsp3) is 0.545. The normalized spacial score (nSPS) is 16.4. The van der Waals surface area contributed by atoms with E-state index in [-0.39, 0.29) is 0 Å². The fourth-order valence-corrected chi connectivity index (χ4v) is 3.81. The number of rotatable bonds is 9. The smallest absolute Gasteiger partial charge is 0.191 e. The predicted octanol–water partition coefficient (Wildman–Crippen LogP) is 2.67. The Bertz CT molecular complexity index is 722. The van der Waals surface area contributed by atoms with Crippen LogP contribution >= 0.6 is 0 Å². The second-order valence-corrected chi connectivity index (χ2v) is 7.39. The Labute approximate surface area is 174 Å². The van der Waals surface area contributed by atoms with Crippen LogP contribution in [0.5, 0.6) is 5.75 Å². The molecule has 2 N–H and O–H groups in total. The molecule has 2 aromatic rings. The SMILES string of the molecule is CN=C(NCCCn1cccn1)NCC(c1ccc(OC)cc1)N1CCCCC1. The first-order valence-corrected chi connectivity index (χ1v) is 10.6. The van der Waals surface area contributed by atoms with Crippen LogP contribution in [0.3, 0.4) is 0 Å². The molecule has 2 heterocycles. The van der Waals surface area contributed by atoms with E-state index < -0.39 is 0 Å². The molecule has 1 fully saturated rings. The topological polar surface area (TPSA) is 66.7 Å². The molecule has 1 atom stereocenters. The monoisotopic (exact) mass is 398 g/mol. The van der Waals surface area contributed by atoms with Gasteiger partial charge in [0.2, 0.25) is 0 Å². The highest BCUT2D eigenvalue weighted by Crippen LogP contribution is 2.25. The second kappa shape index (κ2) is 11.5. The Morgan fingerprint density at radius 3 is 2.62 bits per heavy atom. The highest BCUT2D eigenvalue weighted by atomic mass is 16.5. The van der Waals surface area contributed by atoms with E-state index in [0.29, 0.717) is 6.04 Å². The average Bonchev–Trinajstić information content (AvgIpc) is 3.30. The highest BCUT2D eigenvalue weighted by molar-refractivity contribution is 5.79. The number of benzene rings is 1. The van der Waals surface area contributed by atoms with Gasteiger partial charge >= 0.3 is 0 Å². The molecular formula is C22H34N6O. The molecule has 29 heavy (non-hydrogen) atoms. The van der Waals surface area contributed by atoms with Gasteiger partial charge in [-0.15, -0.1) is 0 Å². The van der Waals surface area contributed by atoms with Crippen LogP contribution in [0, 0.1) is 0 Å². The minimum absolute atomic E-state index is 0.323. The molecule has 7 heteroatoms. The number of hydrogen-bond acceptors (Lipinski definition) is 4. The number of guanidine groups is 1. The van der Waals surface area contributed by atoms with E-state index in [2.05, 4.69) is 49.9 Å². The summed E-state index contributed by atoms with van der Waals surface area (Å²) < 4.78 is 7.28. The number of likely N-dealkylation sites (tertiary alicyclic amines) is 1. The molecule has 0 amide bonds. The van der Waals surface area contributed by atoms with Gasteiger partial charge in [-0.25, -0.2) is 0 Å². The van der Waals surface area contributed by atoms with Crippen molar-refractivity contribution in [3.63, 3.8) is 0 Å². The lowest BCUT2D eigenvalue weighted by Gasteiger charge is -2.35. The third kappa shape index (κ3) is 6.49. The van der Waals surface area contributed by atoms with Gasteiger partial charge in [-0.2, -0.15) is 5.10 Å². The minimum Gasteiger partial charge on any atom is -0.497 e. The molecule has 0 bridgehead atoms. The van der Waals surface area contributed by atoms with Crippen LogP contribution in [0.1, 0.15) is 37.3 Å². The maximum absolute atomic E-state index is 5.33. The largest absolute Gasteiger partial charge is 0.497 e. The number of methoxy groups -OCH3 is 1. The third-order valence-electron chi connectivity index (χ3n) is 5.43. The summed E-state index contributed by atoms with van der Waals surface area (Å²) in [6.45, 7) is 4.88. The van der Waals surface area contributed by atoms with Gasteiger partial charge in [0.15, 0.2) is 5.96 Å². The molecular weight excluding hydrogens is 364 g/mol. The Morgan fingerprint density at radius 1 is 1.17 bits per heavy atom. The van der Waals surface area contributed by atoms with Crippen LogP contribution in [0.25, 0.3) is 0 Å². The number of aliphatic imine (C=N–C) groups is 1. The van der Waals surface area contributed by atoms with Gasteiger partial charge < -0.3 is 15.4 Å². The number of ether oxygens (including phenoxy) is 1. The van der Waals surface area contributed by atoms with E-state index in [1.807, 2.05) is 30.2 Å². The zero-order chi connectivity index (χ0) is 20.3. The number of aromatic nitrogens is 2. The predicted molar refractivity (Wildman–Crippen MR) is 117 cm³/mol. The molecule has 0 spiro atoms. The van der Waals surface area contributed by atoms with Crippen LogP contribution in [0.4, 0.5) is 0 Å². The molecule has 0 saturated carbocycles. The molecule has 3 rings (SSSR count). The van der Waals surface area contributed by atoms with Gasteiger partial charge in [-0.1, -0.05) is 18.6 Å². The van der Waals surface area contributed by atoms with Crippen molar-refractivity contribution in [2.45, 2.75) is 38.3 Å². The number of piperidine rings is 1. The molecule has 1 aromatic carbocycles. The summed E-state index contributed by atoms with van der Waals surface area (Å²) in [5.41, 5.74) is 1.31. The molecule has 0 aliphatic carbocycles. The summed E-state index contributed by atoms with van der Waals surface area (Å²) in [5.74, 6) is 1.75. The Hall–Kier alpha value is -2.54. The van der Waals surface area contributed by atoms with E-state index >= 15 is 0 Å². The Kier molecular flexibility index (Phi) is 8.37. The van der Waals surface area contributed by atoms with Gasteiger partial charge in [-0.3, -0.25) is 14.6 Å². The van der Waals surface area contributed by atoms with Crippen LogP contribution in [0.2, 0.25) is 0 Å². The van der Waals surface area contributed by atoms with Crippen molar-refractivity contribution in [3.8, 4) is 5.75 Å². The van der Waals surface area contributed by atoms with Crippen molar-refractivity contribution >= 4 is 5.96 Å². The summed E-state index contributed by atoms with van der Waals surface area (Å²) in [5, 5.41) is 11.2. The number of nitrogens with zero attached hydrogens (tertiary/aromatic N) is 4. The number of hydrogen-bond donors (Lipinski definition) is 2. The number of aryl methyl sites for hydroxylation is 1. The van der Waals surface area contributed by atoms with Crippen LogP contribution in [-0.2, 0) is 6.54 Å². The van der Waals surface area contributed by atoms with E-state index in [1.165, 1.54) is 24.8 Å². The Balaban J connectivity index is 1.54. The van der Waals surface area contributed by atoms with Gasteiger partial charge in [-0.05, 0) is 56.1 Å². The van der Waals surface area contributed by atoms with Crippen molar-refractivity contribution in [1.29, 1.82) is 0 Å². The Morgan fingerprint density at radius 2 is 1.97 bits per heavy atom. The molecule has 1 unspecified atom stereocenters. The van der Waals surface area contributed by atoms with E-state index in [9.17, 15) is 0 Å².